The van der Waals surface area contributed by atoms with E-state index in [0.29, 0.717) is 6.04 Å². The number of nitrogens with zero attached hydrogens (tertiary/aromatic N) is 2. The molecule has 106 valence electrons. The lowest BCUT2D eigenvalue weighted by Gasteiger charge is -2.35. The van der Waals surface area contributed by atoms with Crippen LogP contribution < -0.4 is 5.73 Å². The van der Waals surface area contributed by atoms with Crippen LogP contribution in [0.25, 0.3) is 0 Å². The van der Waals surface area contributed by atoms with E-state index in [4.69, 9.17) is 5.73 Å². The zero-order valence-electron chi connectivity index (χ0n) is 12.3. The molecule has 0 amide bonds. The van der Waals surface area contributed by atoms with E-state index in [2.05, 4.69) is 23.8 Å². The summed E-state index contributed by atoms with van der Waals surface area (Å²) in [5, 5.41) is 0. The molecule has 1 aliphatic carbocycles. The molecule has 1 atom stereocenters. The molecule has 0 aromatic heterocycles. The van der Waals surface area contributed by atoms with Crippen LogP contribution >= 0.6 is 0 Å². The molecule has 0 bridgehead atoms. The van der Waals surface area contributed by atoms with Gasteiger partial charge in [-0.1, -0.05) is 6.92 Å². The van der Waals surface area contributed by atoms with E-state index in [1.807, 2.05) is 0 Å². The molecule has 0 aromatic rings. The number of likely N-dealkylation sites (N-methyl/N-ethyl adjacent to an activating group) is 1. The summed E-state index contributed by atoms with van der Waals surface area (Å²) in [5.41, 5.74) is 6.01. The van der Waals surface area contributed by atoms with E-state index in [0.717, 1.165) is 12.0 Å². The fourth-order valence-corrected chi connectivity index (χ4v) is 3.62. The van der Waals surface area contributed by atoms with Crippen molar-refractivity contribution in [2.75, 3.05) is 33.2 Å². The average molecular weight is 253 g/mol. The molecular weight excluding hydrogens is 222 g/mol. The maximum atomic E-state index is 6.01. The first-order chi connectivity index (χ1) is 8.69. The number of rotatable bonds is 3. The Morgan fingerprint density at radius 3 is 2.50 bits per heavy atom. The Bertz CT molecular complexity index is 236. The Morgan fingerprint density at radius 2 is 1.83 bits per heavy atom. The second kappa shape index (κ2) is 6.88. The third-order valence-electron chi connectivity index (χ3n) is 4.88. The summed E-state index contributed by atoms with van der Waals surface area (Å²) in [6.45, 7) is 7.48. The van der Waals surface area contributed by atoms with Gasteiger partial charge in [-0.25, -0.2) is 0 Å². The topological polar surface area (TPSA) is 32.5 Å². The van der Waals surface area contributed by atoms with Crippen LogP contribution in [-0.4, -0.2) is 55.1 Å². The van der Waals surface area contributed by atoms with Gasteiger partial charge < -0.3 is 10.6 Å². The lowest BCUT2D eigenvalue weighted by molar-refractivity contribution is 0.140. The van der Waals surface area contributed by atoms with E-state index in [1.54, 1.807) is 0 Å². The maximum Gasteiger partial charge on any atom is 0.0220 e. The SMILES string of the molecule is CCC1CN(C)CCCN1CC1CCC(N)CC1. The minimum absolute atomic E-state index is 0.485. The minimum atomic E-state index is 0.485. The standard InChI is InChI=1S/C15H31N3/c1-3-15-12-17(2)9-4-10-18(15)11-13-5-7-14(16)8-6-13/h13-15H,3-12,16H2,1-2H3. The van der Waals surface area contributed by atoms with Crippen molar-refractivity contribution in [3.05, 3.63) is 0 Å². The number of hydrogen-bond acceptors (Lipinski definition) is 3. The quantitative estimate of drug-likeness (QED) is 0.834. The van der Waals surface area contributed by atoms with Crippen molar-refractivity contribution in [3.8, 4) is 0 Å². The molecule has 0 spiro atoms. The van der Waals surface area contributed by atoms with Gasteiger partial charge in [-0.3, -0.25) is 4.90 Å². The molecule has 1 aliphatic heterocycles. The van der Waals surface area contributed by atoms with E-state index in [-0.39, 0.29) is 0 Å². The van der Waals surface area contributed by atoms with Gasteiger partial charge in [0.1, 0.15) is 0 Å². The highest BCUT2D eigenvalue weighted by molar-refractivity contribution is 4.82. The highest BCUT2D eigenvalue weighted by atomic mass is 15.2. The largest absolute Gasteiger partial charge is 0.328 e. The lowest BCUT2D eigenvalue weighted by atomic mass is 9.86. The second-order valence-corrected chi connectivity index (χ2v) is 6.45. The van der Waals surface area contributed by atoms with Gasteiger partial charge in [0.05, 0.1) is 0 Å². The fourth-order valence-electron chi connectivity index (χ4n) is 3.62. The van der Waals surface area contributed by atoms with Gasteiger partial charge >= 0.3 is 0 Å². The maximum absolute atomic E-state index is 6.01. The van der Waals surface area contributed by atoms with Gasteiger partial charge in [0.2, 0.25) is 0 Å². The van der Waals surface area contributed by atoms with E-state index < -0.39 is 0 Å². The predicted molar refractivity (Wildman–Crippen MR) is 77.7 cm³/mol. The highest BCUT2D eigenvalue weighted by Crippen LogP contribution is 2.25. The van der Waals surface area contributed by atoms with Crippen LogP contribution in [-0.2, 0) is 0 Å². The first-order valence-corrected chi connectivity index (χ1v) is 7.87. The molecule has 2 aliphatic rings. The molecule has 1 unspecified atom stereocenters. The Balaban J connectivity index is 1.85. The Kier molecular flexibility index (Phi) is 5.46. The summed E-state index contributed by atoms with van der Waals surface area (Å²) < 4.78 is 0. The van der Waals surface area contributed by atoms with Crippen LogP contribution in [0.5, 0.6) is 0 Å². The fraction of sp³-hybridized carbons (Fsp3) is 1.00. The van der Waals surface area contributed by atoms with Crippen molar-refractivity contribution in [1.82, 2.24) is 9.80 Å². The predicted octanol–water partition coefficient (Wildman–Crippen LogP) is 1.92. The Hall–Kier alpha value is -0.120. The van der Waals surface area contributed by atoms with Gasteiger partial charge in [-0.05, 0) is 64.6 Å². The molecule has 0 radical (unpaired) electrons. The molecule has 1 saturated carbocycles. The monoisotopic (exact) mass is 253 g/mol. The third kappa shape index (κ3) is 3.94. The molecule has 1 saturated heterocycles. The van der Waals surface area contributed by atoms with Crippen molar-refractivity contribution in [2.45, 2.75) is 57.5 Å². The van der Waals surface area contributed by atoms with Crippen LogP contribution in [0.2, 0.25) is 0 Å². The first-order valence-electron chi connectivity index (χ1n) is 7.87. The lowest BCUT2D eigenvalue weighted by Crippen LogP contribution is -2.43. The molecule has 1 heterocycles. The van der Waals surface area contributed by atoms with Crippen molar-refractivity contribution in [3.63, 3.8) is 0 Å². The highest BCUT2D eigenvalue weighted by Gasteiger charge is 2.26. The zero-order valence-corrected chi connectivity index (χ0v) is 12.3. The summed E-state index contributed by atoms with van der Waals surface area (Å²) in [6.07, 6.45) is 7.81. The van der Waals surface area contributed by atoms with Crippen LogP contribution in [0.15, 0.2) is 0 Å². The molecular formula is C15H31N3. The minimum Gasteiger partial charge on any atom is -0.328 e. The summed E-state index contributed by atoms with van der Waals surface area (Å²) in [5.74, 6) is 0.905. The molecule has 3 nitrogen and oxygen atoms in total. The summed E-state index contributed by atoms with van der Waals surface area (Å²) in [6, 6.07) is 1.26. The Morgan fingerprint density at radius 1 is 1.11 bits per heavy atom. The first kappa shape index (κ1) is 14.3. The van der Waals surface area contributed by atoms with Crippen LogP contribution in [0.4, 0.5) is 0 Å². The smallest absolute Gasteiger partial charge is 0.0220 e. The summed E-state index contributed by atoms with van der Waals surface area (Å²) in [4.78, 5) is 5.27. The van der Waals surface area contributed by atoms with E-state index in [9.17, 15) is 0 Å². The van der Waals surface area contributed by atoms with Gasteiger partial charge in [-0.2, -0.15) is 0 Å². The molecule has 2 fully saturated rings. The van der Waals surface area contributed by atoms with E-state index in [1.165, 1.54) is 64.7 Å². The van der Waals surface area contributed by atoms with Gasteiger partial charge in [0, 0.05) is 25.2 Å². The van der Waals surface area contributed by atoms with Crippen LogP contribution in [0, 0.1) is 5.92 Å². The van der Waals surface area contributed by atoms with Crippen molar-refractivity contribution in [2.24, 2.45) is 11.7 Å². The zero-order chi connectivity index (χ0) is 13.0. The average Bonchev–Trinajstić information content (AvgIpc) is 2.54. The van der Waals surface area contributed by atoms with E-state index >= 15 is 0 Å². The van der Waals surface area contributed by atoms with Crippen LogP contribution in [0.1, 0.15) is 45.4 Å². The normalized spacial score (nSPS) is 36.5. The molecule has 3 heteroatoms. The molecule has 18 heavy (non-hydrogen) atoms. The van der Waals surface area contributed by atoms with Crippen LogP contribution in [0.3, 0.4) is 0 Å². The third-order valence-corrected chi connectivity index (χ3v) is 4.88. The van der Waals surface area contributed by atoms with Crippen molar-refractivity contribution in [1.29, 1.82) is 0 Å². The molecule has 2 N–H and O–H groups in total. The number of nitrogens with two attached hydrogens (primary N) is 1. The summed E-state index contributed by atoms with van der Waals surface area (Å²) >= 11 is 0. The summed E-state index contributed by atoms with van der Waals surface area (Å²) in [7, 11) is 2.27. The van der Waals surface area contributed by atoms with Crippen molar-refractivity contribution >= 4 is 0 Å². The van der Waals surface area contributed by atoms with Gasteiger partial charge in [0.25, 0.3) is 0 Å². The van der Waals surface area contributed by atoms with Gasteiger partial charge in [0.15, 0.2) is 0 Å². The number of hydrogen-bond donors (Lipinski definition) is 1. The molecule has 0 aromatic carbocycles. The Labute approximate surface area is 113 Å². The van der Waals surface area contributed by atoms with Gasteiger partial charge in [-0.15, -0.1) is 0 Å². The van der Waals surface area contributed by atoms with Crippen molar-refractivity contribution < 1.29 is 0 Å². The molecule has 2 rings (SSSR count). The second-order valence-electron chi connectivity index (χ2n) is 6.45.